The fourth-order valence-corrected chi connectivity index (χ4v) is 1.18. The summed E-state index contributed by atoms with van der Waals surface area (Å²) >= 11 is 0. The van der Waals surface area contributed by atoms with E-state index in [1.807, 2.05) is 0 Å². The van der Waals surface area contributed by atoms with Crippen LogP contribution in [-0.4, -0.2) is 29.3 Å². The van der Waals surface area contributed by atoms with E-state index in [0.29, 0.717) is 12.9 Å². The van der Waals surface area contributed by atoms with E-state index in [0.717, 1.165) is 0 Å². The maximum absolute atomic E-state index is 11.6. The number of nitrogens with zero attached hydrogens (tertiary/aromatic N) is 1. The molecule has 1 heterocycles. The lowest BCUT2D eigenvalue weighted by Gasteiger charge is -2.26. The fourth-order valence-electron chi connectivity index (χ4n) is 1.18. The van der Waals surface area contributed by atoms with E-state index in [1.54, 1.807) is 33.0 Å². The molecule has 0 aromatic carbocycles. The third-order valence-electron chi connectivity index (χ3n) is 1.73. The summed E-state index contributed by atoms with van der Waals surface area (Å²) in [4.78, 5) is 23.1. The molecule has 0 aromatic rings. The van der Waals surface area contributed by atoms with Gasteiger partial charge in [0.05, 0.1) is 0 Å². The highest BCUT2D eigenvalue weighted by Gasteiger charge is 2.30. The maximum atomic E-state index is 11.6. The van der Waals surface area contributed by atoms with Crippen molar-refractivity contribution in [3.05, 3.63) is 12.3 Å². The Labute approximate surface area is 88.6 Å². The van der Waals surface area contributed by atoms with Gasteiger partial charge in [0.2, 0.25) is 0 Å². The number of hydrogen-bond acceptors (Lipinski definition) is 4. The van der Waals surface area contributed by atoms with Crippen molar-refractivity contribution in [2.45, 2.75) is 39.0 Å². The van der Waals surface area contributed by atoms with Crippen LogP contribution >= 0.6 is 0 Å². The van der Waals surface area contributed by atoms with E-state index in [9.17, 15) is 9.59 Å². The summed E-state index contributed by atoms with van der Waals surface area (Å²) in [6, 6.07) is 0. The third kappa shape index (κ3) is 3.27. The van der Waals surface area contributed by atoms with E-state index in [4.69, 9.17) is 9.47 Å². The van der Waals surface area contributed by atoms with E-state index in [2.05, 4.69) is 0 Å². The van der Waals surface area contributed by atoms with Crippen molar-refractivity contribution >= 4 is 12.6 Å². The molecule has 0 N–H and O–H groups in total. The van der Waals surface area contributed by atoms with Gasteiger partial charge < -0.3 is 9.47 Å². The van der Waals surface area contributed by atoms with Gasteiger partial charge in [0, 0.05) is 12.6 Å². The van der Waals surface area contributed by atoms with E-state index < -0.39 is 17.9 Å². The molecule has 0 aliphatic carbocycles. The Hall–Kier alpha value is -1.52. The van der Waals surface area contributed by atoms with Crippen LogP contribution in [0.5, 0.6) is 0 Å². The molecule has 0 aromatic heterocycles. The molecule has 0 saturated carbocycles. The summed E-state index contributed by atoms with van der Waals surface area (Å²) in [5, 5.41) is 0. The molecule has 1 unspecified atom stereocenters. The van der Waals surface area contributed by atoms with Crippen molar-refractivity contribution in [1.82, 2.24) is 4.90 Å². The molecule has 1 rings (SSSR count). The Balaban J connectivity index is 2.58. The molecule has 0 spiro atoms. The summed E-state index contributed by atoms with van der Waals surface area (Å²) in [6.07, 6.45) is 2.72. The van der Waals surface area contributed by atoms with Crippen LogP contribution in [-0.2, 0) is 14.3 Å². The Kier molecular flexibility index (Phi) is 3.34. The Bertz CT molecular complexity index is 280. The fraction of sp³-hybridized carbons (Fsp3) is 0.600. The molecule has 1 aliphatic heterocycles. The summed E-state index contributed by atoms with van der Waals surface area (Å²) in [6.45, 7) is 5.66. The molecule has 1 amide bonds. The van der Waals surface area contributed by atoms with Gasteiger partial charge in [-0.25, -0.2) is 9.69 Å². The second kappa shape index (κ2) is 4.33. The van der Waals surface area contributed by atoms with Crippen LogP contribution in [0, 0.1) is 0 Å². The van der Waals surface area contributed by atoms with Crippen molar-refractivity contribution in [3.63, 3.8) is 0 Å². The molecule has 1 aliphatic rings. The van der Waals surface area contributed by atoms with E-state index in [-0.39, 0.29) is 0 Å². The van der Waals surface area contributed by atoms with Gasteiger partial charge in [-0.1, -0.05) is 6.08 Å². The lowest BCUT2D eigenvalue weighted by Crippen LogP contribution is -2.38. The van der Waals surface area contributed by atoms with Crippen LogP contribution in [0.4, 0.5) is 4.79 Å². The zero-order chi connectivity index (χ0) is 11.5. The molecule has 0 radical (unpaired) electrons. The molecule has 15 heavy (non-hydrogen) atoms. The van der Waals surface area contributed by atoms with Gasteiger partial charge in [0.15, 0.2) is 6.23 Å². The monoisotopic (exact) mass is 213 g/mol. The van der Waals surface area contributed by atoms with Crippen LogP contribution < -0.4 is 0 Å². The first-order valence-corrected chi connectivity index (χ1v) is 4.71. The summed E-state index contributed by atoms with van der Waals surface area (Å²) < 4.78 is 9.87. The van der Waals surface area contributed by atoms with Crippen molar-refractivity contribution in [2.75, 3.05) is 0 Å². The zero-order valence-electron chi connectivity index (χ0n) is 9.10. The molecule has 0 fully saturated rings. The van der Waals surface area contributed by atoms with Crippen molar-refractivity contribution in [3.8, 4) is 0 Å². The molecule has 5 heteroatoms. The Morgan fingerprint density at radius 3 is 2.73 bits per heavy atom. The Morgan fingerprint density at radius 2 is 2.20 bits per heavy atom. The van der Waals surface area contributed by atoms with Crippen LogP contribution in [0.15, 0.2) is 12.3 Å². The minimum atomic E-state index is -0.572. The molecule has 1 atom stereocenters. The maximum Gasteiger partial charge on any atom is 0.417 e. The van der Waals surface area contributed by atoms with Crippen molar-refractivity contribution < 1.29 is 19.1 Å². The third-order valence-corrected chi connectivity index (χ3v) is 1.73. The predicted molar refractivity (Wildman–Crippen MR) is 52.8 cm³/mol. The highest BCUT2D eigenvalue weighted by atomic mass is 16.6. The summed E-state index contributed by atoms with van der Waals surface area (Å²) in [5.74, 6) is 0. The SMILES string of the molecule is CC(C)(C)OC(=O)N1C=CCC1OC=O. The van der Waals surface area contributed by atoms with Gasteiger partial charge in [-0.05, 0) is 20.8 Å². The minimum absolute atomic E-state index is 0.328. The zero-order valence-corrected chi connectivity index (χ0v) is 9.10. The lowest BCUT2D eigenvalue weighted by molar-refractivity contribution is -0.138. The second-order valence-corrected chi connectivity index (χ2v) is 4.20. The van der Waals surface area contributed by atoms with Gasteiger partial charge in [0.1, 0.15) is 5.60 Å². The average molecular weight is 213 g/mol. The molecule has 0 saturated heterocycles. The van der Waals surface area contributed by atoms with E-state index in [1.165, 1.54) is 4.90 Å². The first-order valence-electron chi connectivity index (χ1n) is 4.71. The van der Waals surface area contributed by atoms with Crippen LogP contribution in [0.2, 0.25) is 0 Å². The van der Waals surface area contributed by atoms with Gasteiger partial charge in [-0.2, -0.15) is 0 Å². The largest absolute Gasteiger partial charge is 0.443 e. The first-order chi connectivity index (χ1) is 6.94. The molecule has 84 valence electrons. The average Bonchev–Trinajstić information content (AvgIpc) is 2.49. The molecular formula is C10H15NO4. The highest BCUT2D eigenvalue weighted by molar-refractivity contribution is 5.70. The molecule has 5 nitrogen and oxygen atoms in total. The molecular weight excluding hydrogens is 198 g/mol. The van der Waals surface area contributed by atoms with Crippen molar-refractivity contribution in [2.24, 2.45) is 0 Å². The second-order valence-electron chi connectivity index (χ2n) is 4.20. The Morgan fingerprint density at radius 1 is 1.53 bits per heavy atom. The normalized spacial score (nSPS) is 20.2. The lowest BCUT2D eigenvalue weighted by atomic mass is 10.2. The van der Waals surface area contributed by atoms with Gasteiger partial charge in [-0.3, -0.25) is 4.79 Å². The smallest absolute Gasteiger partial charge is 0.417 e. The van der Waals surface area contributed by atoms with Crippen molar-refractivity contribution in [1.29, 1.82) is 0 Å². The topological polar surface area (TPSA) is 55.8 Å². The van der Waals surface area contributed by atoms with Crippen LogP contribution in [0.1, 0.15) is 27.2 Å². The number of amides is 1. The number of carbonyl (C=O) groups is 2. The minimum Gasteiger partial charge on any atom is -0.443 e. The number of ether oxygens (including phenoxy) is 2. The van der Waals surface area contributed by atoms with Crippen LogP contribution in [0.25, 0.3) is 0 Å². The van der Waals surface area contributed by atoms with E-state index >= 15 is 0 Å². The van der Waals surface area contributed by atoms with Crippen LogP contribution in [0.3, 0.4) is 0 Å². The van der Waals surface area contributed by atoms with Gasteiger partial charge in [-0.15, -0.1) is 0 Å². The number of rotatable bonds is 2. The van der Waals surface area contributed by atoms with Gasteiger partial charge >= 0.3 is 6.09 Å². The van der Waals surface area contributed by atoms with Gasteiger partial charge in [0.25, 0.3) is 6.47 Å². The molecule has 0 bridgehead atoms. The standard InChI is InChI=1S/C10H15NO4/c1-10(2,3)15-9(13)11-6-4-5-8(11)14-7-12/h4,6-8H,5H2,1-3H3. The summed E-state index contributed by atoms with van der Waals surface area (Å²) in [7, 11) is 0. The number of carbonyl (C=O) groups excluding carboxylic acids is 2. The summed E-state index contributed by atoms with van der Waals surface area (Å²) in [5.41, 5.74) is -0.556. The highest BCUT2D eigenvalue weighted by Crippen LogP contribution is 2.19. The quantitative estimate of drug-likeness (QED) is 0.654. The number of hydrogen-bond donors (Lipinski definition) is 0. The first kappa shape index (κ1) is 11.6. The predicted octanol–water partition coefficient (Wildman–Crippen LogP) is 1.64.